The molecule has 0 spiro atoms. The summed E-state index contributed by atoms with van der Waals surface area (Å²) in [5, 5.41) is 3.73. The van der Waals surface area contributed by atoms with Crippen molar-refractivity contribution in [3.63, 3.8) is 0 Å². The molecule has 1 heterocycles. The molecule has 0 bridgehead atoms. The molecule has 2 aromatic rings. The van der Waals surface area contributed by atoms with E-state index in [1.165, 1.54) is 12.1 Å². The Morgan fingerprint density at radius 3 is 2.57 bits per heavy atom. The molecule has 0 fully saturated rings. The van der Waals surface area contributed by atoms with E-state index in [0.29, 0.717) is 17.5 Å². The van der Waals surface area contributed by atoms with Gasteiger partial charge in [0.1, 0.15) is 5.82 Å². The first-order valence-corrected chi connectivity index (χ1v) is 4.62. The highest BCUT2D eigenvalue weighted by molar-refractivity contribution is 7.79. The smallest absolute Gasteiger partial charge is 0.236 e. The van der Waals surface area contributed by atoms with Crippen LogP contribution in [0.15, 0.2) is 28.8 Å². The van der Waals surface area contributed by atoms with E-state index >= 15 is 0 Å². The van der Waals surface area contributed by atoms with Gasteiger partial charge >= 0.3 is 0 Å². The van der Waals surface area contributed by atoms with E-state index in [1.807, 2.05) is 0 Å². The van der Waals surface area contributed by atoms with Crippen molar-refractivity contribution in [3.8, 4) is 11.4 Å². The first kappa shape index (κ1) is 9.21. The van der Waals surface area contributed by atoms with Crippen LogP contribution in [-0.2, 0) is 5.75 Å². The third kappa shape index (κ3) is 1.77. The zero-order chi connectivity index (χ0) is 9.97. The monoisotopic (exact) mass is 210 g/mol. The molecule has 1 aromatic heterocycles. The molecule has 72 valence electrons. The van der Waals surface area contributed by atoms with Crippen LogP contribution < -0.4 is 0 Å². The van der Waals surface area contributed by atoms with Crippen molar-refractivity contribution in [2.75, 3.05) is 0 Å². The second-order valence-electron chi connectivity index (χ2n) is 2.68. The van der Waals surface area contributed by atoms with Gasteiger partial charge in [-0.25, -0.2) is 4.39 Å². The van der Waals surface area contributed by atoms with Crippen molar-refractivity contribution < 1.29 is 8.91 Å². The summed E-state index contributed by atoms with van der Waals surface area (Å²) in [7, 11) is 0. The highest BCUT2D eigenvalue weighted by Crippen LogP contribution is 2.16. The number of aromatic nitrogens is 2. The van der Waals surface area contributed by atoms with E-state index in [4.69, 9.17) is 4.52 Å². The van der Waals surface area contributed by atoms with Crippen LogP contribution in [0.2, 0.25) is 0 Å². The Morgan fingerprint density at radius 2 is 2.00 bits per heavy atom. The highest BCUT2D eigenvalue weighted by atomic mass is 32.1. The summed E-state index contributed by atoms with van der Waals surface area (Å²) in [6.07, 6.45) is 0. The van der Waals surface area contributed by atoms with Gasteiger partial charge in [0.2, 0.25) is 11.7 Å². The Morgan fingerprint density at radius 1 is 1.29 bits per heavy atom. The molecule has 0 aliphatic carbocycles. The Hall–Kier alpha value is -1.36. The summed E-state index contributed by atoms with van der Waals surface area (Å²) in [6.45, 7) is 0. The van der Waals surface area contributed by atoms with Gasteiger partial charge in [-0.3, -0.25) is 0 Å². The molecule has 0 aliphatic heterocycles. The molecular weight excluding hydrogens is 203 g/mol. The van der Waals surface area contributed by atoms with Gasteiger partial charge in [0.05, 0.1) is 5.75 Å². The van der Waals surface area contributed by atoms with E-state index in [1.54, 1.807) is 12.1 Å². The fourth-order valence-electron chi connectivity index (χ4n) is 1.04. The molecule has 0 aliphatic rings. The second kappa shape index (κ2) is 3.79. The van der Waals surface area contributed by atoms with Crippen LogP contribution in [0.4, 0.5) is 4.39 Å². The zero-order valence-electron chi connectivity index (χ0n) is 7.14. The number of hydrogen-bond donors (Lipinski definition) is 1. The lowest BCUT2D eigenvalue weighted by atomic mass is 10.2. The van der Waals surface area contributed by atoms with Crippen molar-refractivity contribution in [1.29, 1.82) is 0 Å². The average Bonchev–Trinajstić information content (AvgIpc) is 2.67. The molecule has 14 heavy (non-hydrogen) atoms. The predicted molar refractivity (Wildman–Crippen MR) is 52.4 cm³/mol. The largest absolute Gasteiger partial charge is 0.338 e. The molecule has 0 radical (unpaired) electrons. The normalized spacial score (nSPS) is 10.4. The second-order valence-corrected chi connectivity index (χ2v) is 2.99. The first-order chi connectivity index (χ1) is 6.79. The van der Waals surface area contributed by atoms with Crippen molar-refractivity contribution in [1.82, 2.24) is 10.1 Å². The number of hydrogen-bond acceptors (Lipinski definition) is 4. The first-order valence-electron chi connectivity index (χ1n) is 3.99. The molecule has 3 nitrogen and oxygen atoms in total. The number of rotatable bonds is 2. The maximum Gasteiger partial charge on any atom is 0.236 e. The summed E-state index contributed by atoms with van der Waals surface area (Å²) in [5.74, 6) is 1.02. The molecule has 0 unspecified atom stereocenters. The van der Waals surface area contributed by atoms with Crippen LogP contribution in [0.25, 0.3) is 11.4 Å². The van der Waals surface area contributed by atoms with Crippen LogP contribution in [0.3, 0.4) is 0 Å². The zero-order valence-corrected chi connectivity index (χ0v) is 8.04. The van der Waals surface area contributed by atoms with Gasteiger partial charge in [-0.1, -0.05) is 5.16 Å². The number of thiol groups is 1. The van der Waals surface area contributed by atoms with Crippen LogP contribution in [0.5, 0.6) is 0 Å². The van der Waals surface area contributed by atoms with Crippen LogP contribution in [0, 0.1) is 5.82 Å². The summed E-state index contributed by atoms with van der Waals surface area (Å²) in [5.41, 5.74) is 0.725. The van der Waals surface area contributed by atoms with E-state index < -0.39 is 0 Å². The van der Waals surface area contributed by atoms with Gasteiger partial charge in [-0.15, -0.1) is 0 Å². The molecule has 0 saturated heterocycles. The number of nitrogens with zero attached hydrogens (tertiary/aromatic N) is 2. The lowest BCUT2D eigenvalue weighted by molar-refractivity contribution is 0.392. The topological polar surface area (TPSA) is 38.9 Å². The Bertz CT molecular complexity index is 427. The molecular formula is C9H7FN2OS. The molecule has 0 amide bonds. The average molecular weight is 210 g/mol. The van der Waals surface area contributed by atoms with Gasteiger partial charge in [0.15, 0.2) is 0 Å². The maximum absolute atomic E-state index is 12.6. The Kier molecular flexibility index (Phi) is 2.49. The van der Waals surface area contributed by atoms with Crippen molar-refractivity contribution >= 4 is 12.6 Å². The van der Waals surface area contributed by atoms with Crippen LogP contribution in [0.1, 0.15) is 5.89 Å². The van der Waals surface area contributed by atoms with Crippen molar-refractivity contribution in [2.24, 2.45) is 0 Å². The van der Waals surface area contributed by atoms with Gasteiger partial charge in [0.25, 0.3) is 0 Å². The summed E-state index contributed by atoms with van der Waals surface area (Å²) in [6, 6.07) is 5.91. The Labute approximate surface area is 85.4 Å². The minimum absolute atomic E-state index is 0.285. The maximum atomic E-state index is 12.6. The van der Waals surface area contributed by atoms with Crippen LogP contribution in [-0.4, -0.2) is 10.1 Å². The van der Waals surface area contributed by atoms with E-state index in [9.17, 15) is 4.39 Å². The lowest BCUT2D eigenvalue weighted by Crippen LogP contribution is -1.82. The van der Waals surface area contributed by atoms with Gasteiger partial charge in [0, 0.05) is 5.56 Å². The lowest BCUT2D eigenvalue weighted by Gasteiger charge is -1.92. The van der Waals surface area contributed by atoms with Crippen LogP contribution >= 0.6 is 12.6 Å². The van der Waals surface area contributed by atoms with E-state index in [0.717, 1.165) is 5.56 Å². The third-order valence-corrected chi connectivity index (χ3v) is 1.98. The molecule has 0 atom stereocenters. The molecule has 5 heteroatoms. The van der Waals surface area contributed by atoms with Gasteiger partial charge < -0.3 is 4.52 Å². The minimum atomic E-state index is -0.285. The molecule has 1 aromatic carbocycles. The SMILES string of the molecule is Fc1ccc(-c2noc(CS)n2)cc1. The molecule has 2 rings (SSSR count). The molecule has 0 N–H and O–H groups in total. The third-order valence-electron chi connectivity index (χ3n) is 1.71. The summed E-state index contributed by atoms with van der Waals surface area (Å²) in [4.78, 5) is 4.05. The van der Waals surface area contributed by atoms with E-state index in [2.05, 4.69) is 22.8 Å². The fourth-order valence-corrected chi connectivity index (χ4v) is 1.16. The Balaban J connectivity index is 2.34. The predicted octanol–water partition coefficient (Wildman–Crippen LogP) is 2.31. The number of halogens is 1. The van der Waals surface area contributed by atoms with E-state index in [-0.39, 0.29) is 5.82 Å². The van der Waals surface area contributed by atoms with Crippen molar-refractivity contribution in [3.05, 3.63) is 36.0 Å². The minimum Gasteiger partial charge on any atom is -0.338 e. The standard InChI is InChI=1S/C9H7FN2OS/c10-7-3-1-6(2-4-7)9-11-8(5-14)13-12-9/h1-4,14H,5H2. The fraction of sp³-hybridized carbons (Fsp3) is 0.111. The van der Waals surface area contributed by atoms with Gasteiger partial charge in [-0.2, -0.15) is 17.6 Å². The summed E-state index contributed by atoms with van der Waals surface area (Å²) >= 11 is 4.00. The summed E-state index contributed by atoms with van der Waals surface area (Å²) < 4.78 is 17.5. The number of benzene rings is 1. The quantitative estimate of drug-likeness (QED) is 0.773. The highest BCUT2D eigenvalue weighted by Gasteiger charge is 2.06. The molecule has 0 saturated carbocycles. The van der Waals surface area contributed by atoms with Gasteiger partial charge in [-0.05, 0) is 24.3 Å². The van der Waals surface area contributed by atoms with Crippen molar-refractivity contribution in [2.45, 2.75) is 5.75 Å².